The van der Waals surface area contributed by atoms with Gasteiger partial charge in [0.15, 0.2) is 17.1 Å². The second-order valence-electron chi connectivity index (χ2n) is 4.99. The van der Waals surface area contributed by atoms with Gasteiger partial charge in [0.2, 0.25) is 17.3 Å². The van der Waals surface area contributed by atoms with Gasteiger partial charge in [-0.3, -0.25) is 4.79 Å². The molecular formula is C15H12O7. The summed E-state index contributed by atoms with van der Waals surface area (Å²) in [4.78, 5) is 12.5. The van der Waals surface area contributed by atoms with Crippen molar-refractivity contribution in [3.05, 3.63) is 41.5 Å². The van der Waals surface area contributed by atoms with Crippen molar-refractivity contribution < 1.29 is 35.1 Å². The van der Waals surface area contributed by atoms with Gasteiger partial charge in [-0.05, 0) is 23.8 Å². The molecule has 0 amide bonds. The van der Waals surface area contributed by atoms with Crippen LogP contribution in [0.2, 0.25) is 0 Å². The van der Waals surface area contributed by atoms with Gasteiger partial charge in [-0.25, -0.2) is 0 Å². The summed E-state index contributed by atoms with van der Waals surface area (Å²) in [5.41, 5.74) is -2.10. The smallest absolute Gasteiger partial charge is 0.206 e. The van der Waals surface area contributed by atoms with Crippen LogP contribution in [0.25, 0.3) is 0 Å². The largest absolute Gasteiger partial charge is 0.508 e. The molecule has 0 aliphatic carbocycles. The van der Waals surface area contributed by atoms with E-state index in [9.17, 15) is 30.3 Å². The van der Waals surface area contributed by atoms with E-state index in [-0.39, 0.29) is 22.6 Å². The van der Waals surface area contributed by atoms with Crippen LogP contribution in [-0.4, -0.2) is 37.9 Å². The predicted octanol–water partition coefficient (Wildman–Crippen LogP) is 0.972. The maximum atomic E-state index is 12.5. The first kappa shape index (κ1) is 14.0. The molecule has 0 spiro atoms. The van der Waals surface area contributed by atoms with Gasteiger partial charge in [-0.1, -0.05) is 12.1 Å². The normalized spacial score (nSPS) is 20.3. The number of carbonyl (C=O) groups excluding carboxylic acids is 1. The molecule has 0 radical (unpaired) electrons. The Hall–Kier alpha value is -2.93. The second kappa shape index (κ2) is 4.54. The highest BCUT2D eigenvalue weighted by Gasteiger charge is 2.45. The molecule has 1 heterocycles. The molecule has 1 aliphatic heterocycles. The van der Waals surface area contributed by atoms with Gasteiger partial charge in [-0.15, -0.1) is 0 Å². The molecular weight excluding hydrogens is 292 g/mol. The zero-order chi connectivity index (χ0) is 16.1. The molecule has 0 fully saturated rings. The molecule has 1 aliphatic rings. The van der Waals surface area contributed by atoms with Crippen molar-refractivity contribution in [3.8, 4) is 28.7 Å². The van der Waals surface area contributed by atoms with E-state index in [1.807, 2.05) is 0 Å². The maximum absolute atomic E-state index is 12.5. The van der Waals surface area contributed by atoms with Crippen LogP contribution in [0.1, 0.15) is 15.9 Å². The average Bonchev–Trinajstić information content (AvgIpc) is 2.50. The first-order valence-corrected chi connectivity index (χ1v) is 6.32. The Labute approximate surface area is 124 Å². The second-order valence-corrected chi connectivity index (χ2v) is 4.99. The molecule has 0 saturated heterocycles. The number of phenols is 4. The Kier molecular flexibility index (Phi) is 2.89. The number of hydrogen-bond acceptors (Lipinski definition) is 7. The van der Waals surface area contributed by atoms with Crippen LogP contribution in [0, 0.1) is 0 Å². The number of ketones is 1. The molecule has 7 nitrogen and oxygen atoms in total. The van der Waals surface area contributed by atoms with Gasteiger partial charge < -0.3 is 30.3 Å². The van der Waals surface area contributed by atoms with Crippen LogP contribution in [0.4, 0.5) is 0 Å². The summed E-state index contributed by atoms with van der Waals surface area (Å²) in [5, 5.41) is 48.6. The monoisotopic (exact) mass is 304 g/mol. The number of rotatable bonds is 1. The minimum atomic E-state index is -2.03. The minimum absolute atomic E-state index is 0.0304. The fourth-order valence-electron chi connectivity index (χ4n) is 2.36. The zero-order valence-electron chi connectivity index (χ0n) is 11.1. The third-order valence-electron chi connectivity index (χ3n) is 3.60. The van der Waals surface area contributed by atoms with Crippen molar-refractivity contribution in [2.75, 3.05) is 6.61 Å². The van der Waals surface area contributed by atoms with E-state index < -0.39 is 35.2 Å². The van der Waals surface area contributed by atoms with Crippen molar-refractivity contribution in [2.45, 2.75) is 5.60 Å². The molecule has 114 valence electrons. The van der Waals surface area contributed by atoms with Gasteiger partial charge in [0.05, 0.1) is 5.56 Å². The lowest BCUT2D eigenvalue weighted by atomic mass is 9.84. The first-order chi connectivity index (χ1) is 10.3. The molecule has 2 aromatic carbocycles. The van der Waals surface area contributed by atoms with E-state index in [2.05, 4.69) is 0 Å². The van der Waals surface area contributed by atoms with Crippen molar-refractivity contribution in [1.29, 1.82) is 0 Å². The van der Waals surface area contributed by atoms with Crippen LogP contribution in [0.15, 0.2) is 30.3 Å². The summed E-state index contributed by atoms with van der Waals surface area (Å²) >= 11 is 0. The molecule has 0 bridgehead atoms. The van der Waals surface area contributed by atoms with Gasteiger partial charge in [0, 0.05) is 0 Å². The third-order valence-corrected chi connectivity index (χ3v) is 3.60. The third kappa shape index (κ3) is 1.83. The molecule has 1 atom stereocenters. The molecule has 0 aromatic heterocycles. The maximum Gasteiger partial charge on any atom is 0.206 e. The predicted molar refractivity (Wildman–Crippen MR) is 73.3 cm³/mol. The van der Waals surface area contributed by atoms with Crippen LogP contribution < -0.4 is 4.74 Å². The molecule has 5 N–H and O–H groups in total. The Balaban J connectivity index is 2.13. The fraction of sp³-hybridized carbons (Fsp3) is 0.133. The summed E-state index contributed by atoms with van der Waals surface area (Å²) in [6.07, 6.45) is 0. The summed E-state index contributed by atoms with van der Waals surface area (Å²) in [6.45, 7) is -0.485. The number of aliphatic hydroxyl groups is 1. The Morgan fingerprint density at radius 2 is 1.64 bits per heavy atom. The quantitative estimate of drug-likeness (QED) is 0.497. The van der Waals surface area contributed by atoms with Crippen LogP contribution in [0.3, 0.4) is 0 Å². The molecule has 2 aromatic rings. The Morgan fingerprint density at radius 3 is 2.27 bits per heavy atom. The van der Waals surface area contributed by atoms with Crippen LogP contribution in [0.5, 0.6) is 28.7 Å². The van der Waals surface area contributed by atoms with E-state index in [0.29, 0.717) is 0 Å². The fourth-order valence-corrected chi connectivity index (χ4v) is 2.36. The van der Waals surface area contributed by atoms with E-state index in [0.717, 1.165) is 6.07 Å². The summed E-state index contributed by atoms with van der Waals surface area (Å²) < 4.78 is 5.21. The standard InChI is InChI=1S/C15H12O7/c16-8-3-1-7(2-4-8)15(21)6-22-13-9(14(15)20)5-10(17)11(18)12(13)19/h1-5,16-19,21H,6H2. The number of hydrogen-bond donors (Lipinski definition) is 5. The molecule has 7 heteroatoms. The van der Waals surface area contributed by atoms with E-state index in [4.69, 9.17) is 4.74 Å². The van der Waals surface area contributed by atoms with Gasteiger partial charge in [0.1, 0.15) is 12.4 Å². The van der Waals surface area contributed by atoms with Gasteiger partial charge >= 0.3 is 0 Å². The van der Waals surface area contributed by atoms with Crippen LogP contribution in [-0.2, 0) is 5.60 Å². The molecule has 1 unspecified atom stereocenters. The number of benzene rings is 2. The number of aromatic hydroxyl groups is 4. The van der Waals surface area contributed by atoms with Crippen molar-refractivity contribution in [2.24, 2.45) is 0 Å². The number of fused-ring (bicyclic) bond motifs is 1. The number of ether oxygens (including phenoxy) is 1. The number of Topliss-reactive ketones (excluding diaryl/α,β-unsaturated/α-hetero) is 1. The number of carbonyl (C=O) groups is 1. The SMILES string of the molecule is O=C1c2cc(O)c(O)c(O)c2OCC1(O)c1ccc(O)cc1. The zero-order valence-corrected chi connectivity index (χ0v) is 11.1. The van der Waals surface area contributed by atoms with Crippen LogP contribution >= 0.6 is 0 Å². The highest BCUT2D eigenvalue weighted by atomic mass is 16.5. The summed E-state index contributed by atoms with van der Waals surface area (Å²) in [7, 11) is 0. The summed E-state index contributed by atoms with van der Waals surface area (Å²) in [5.74, 6) is -3.41. The highest BCUT2D eigenvalue weighted by Crippen LogP contribution is 2.48. The van der Waals surface area contributed by atoms with Gasteiger partial charge in [-0.2, -0.15) is 0 Å². The van der Waals surface area contributed by atoms with E-state index >= 15 is 0 Å². The van der Waals surface area contributed by atoms with Crippen molar-refractivity contribution in [3.63, 3.8) is 0 Å². The lowest BCUT2D eigenvalue weighted by Crippen LogP contribution is -2.44. The number of phenolic OH excluding ortho intramolecular Hbond substituents is 4. The summed E-state index contributed by atoms with van der Waals surface area (Å²) in [6, 6.07) is 6.25. The topological polar surface area (TPSA) is 127 Å². The van der Waals surface area contributed by atoms with E-state index in [1.54, 1.807) is 0 Å². The molecule has 22 heavy (non-hydrogen) atoms. The first-order valence-electron chi connectivity index (χ1n) is 6.32. The van der Waals surface area contributed by atoms with Gasteiger partial charge in [0.25, 0.3) is 0 Å². The highest BCUT2D eigenvalue weighted by molar-refractivity contribution is 6.07. The lowest BCUT2D eigenvalue weighted by molar-refractivity contribution is -0.00594. The van der Waals surface area contributed by atoms with Crippen molar-refractivity contribution >= 4 is 5.78 Å². The van der Waals surface area contributed by atoms with Crippen molar-refractivity contribution in [1.82, 2.24) is 0 Å². The molecule has 3 rings (SSSR count). The lowest BCUT2D eigenvalue weighted by Gasteiger charge is -2.32. The van der Waals surface area contributed by atoms with E-state index in [1.165, 1.54) is 24.3 Å². The molecule has 0 saturated carbocycles. The Morgan fingerprint density at radius 1 is 1.00 bits per heavy atom. The Bertz CT molecular complexity index is 766. The average molecular weight is 304 g/mol. The minimum Gasteiger partial charge on any atom is -0.508 e.